The summed E-state index contributed by atoms with van der Waals surface area (Å²) in [5, 5.41) is 0. The first-order valence-electron chi connectivity index (χ1n) is 14.0. The molecule has 0 aliphatic heterocycles. The molecule has 4 heteroatoms. The molecule has 1 atom stereocenters. The summed E-state index contributed by atoms with van der Waals surface area (Å²) in [5.74, 6) is -0.255. The Kier molecular flexibility index (Phi) is 23.8. The average molecular weight is 455 g/mol. The molecule has 0 aliphatic carbocycles. The van der Waals surface area contributed by atoms with Crippen LogP contribution in [0.25, 0.3) is 0 Å². The molecule has 0 saturated heterocycles. The lowest BCUT2D eigenvalue weighted by atomic mass is 9.95. The van der Waals surface area contributed by atoms with E-state index in [1.165, 1.54) is 64.2 Å². The number of ether oxygens (including phenoxy) is 2. The summed E-state index contributed by atoms with van der Waals surface area (Å²) in [6, 6.07) is 0. The molecule has 0 aromatic carbocycles. The van der Waals surface area contributed by atoms with Gasteiger partial charge in [0.05, 0.1) is 19.1 Å². The minimum atomic E-state index is -0.126. The Bertz CT molecular complexity index is 422. The zero-order valence-corrected chi connectivity index (χ0v) is 21.8. The summed E-state index contributed by atoms with van der Waals surface area (Å²) in [6.45, 7) is 7.68. The van der Waals surface area contributed by atoms with E-state index in [1.807, 2.05) is 0 Å². The van der Waals surface area contributed by atoms with Gasteiger partial charge in [-0.05, 0) is 32.1 Å². The zero-order valence-electron chi connectivity index (χ0n) is 21.8. The predicted molar refractivity (Wildman–Crippen MR) is 135 cm³/mol. The third-order valence-electron chi connectivity index (χ3n) is 6.18. The van der Waals surface area contributed by atoms with Crippen LogP contribution in [0.5, 0.6) is 0 Å². The molecular weight excluding hydrogens is 400 g/mol. The Hall–Kier alpha value is -1.06. The summed E-state index contributed by atoms with van der Waals surface area (Å²) >= 11 is 0. The quantitative estimate of drug-likeness (QED) is 0.108. The van der Waals surface area contributed by atoms with Crippen molar-refractivity contribution in [1.82, 2.24) is 0 Å². The highest BCUT2D eigenvalue weighted by molar-refractivity contribution is 5.72. The summed E-state index contributed by atoms with van der Waals surface area (Å²) in [5.41, 5.74) is 0. The Balaban J connectivity index is 4.06. The molecule has 0 fully saturated rings. The highest BCUT2D eigenvalue weighted by Crippen LogP contribution is 2.20. The fourth-order valence-electron chi connectivity index (χ4n) is 4.00. The molecule has 0 saturated carbocycles. The largest absolute Gasteiger partial charge is 0.466 e. The summed E-state index contributed by atoms with van der Waals surface area (Å²) < 4.78 is 10.9. The maximum Gasteiger partial charge on any atom is 0.308 e. The van der Waals surface area contributed by atoms with Crippen LogP contribution in [-0.2, 0) is 19.1 Å². The van der Waals surface area contributed by atoms with Gasteiger partial charge in [0.15, 0.2) is 0 Å². The Labute approximate surface area is 199 Å². The number of hydrogen-bond donors (Lipinski definition) is 0. The highest BCUT2D eigenvalue weighted by atomic mass is 16.5. The lowest BCUT2D eigenvalue weighted by Gasteiger charge is -2.16. The van der Waals surface area contributed by atoms with Crippen LogP contribution >= 0.6 is 0 Å². The molecule has 0 N–H and O–H groups in total. The molecule has 0 amide bonds. The lowest BCUT2D eigenvalue weighted by Crippen LogP contribution is -2.19. The molecule has 0 radical (unpaired) electrons. The van der Waals surface area contributed by atoms with Gasteiger partial charge in [-0.3, -0.25) is 9.59 Å². The molecule has 0 spiro atoms. The molecule has 0 aromatic heterocycles. The maximum absolute atomic E-state index is 12.6. The minimum Gasteiger partial charge on any atom is -0.466 e. The second-order valence-corrected chi connectivity index (χ2v) is 9.36. The van der Waals surface area contributed by atoms with E-state index >= 15 is 0 Å². The minimum absolute atomic E-state index is 0.0580. The molecule has 1 unspecified atom stereocenters. The standard InChI is InChI=1S/C28H54O4/c1-4-7-10-13-14-15-16-19-25-32-28(30)26(21-17-11-8-5-2)22-20-23-27(29)31-24-18-12-9-6-3/h26H,4-25H2,1-3H3. The third kappa shape index (κ3) is 20.8. The van der Waals surface area contributed by atoms with Gasteiger partial charge in [0.1, 0.15) is 0 Å². The van der Waals surface area contributed by atoms with Gasteiger partial charge < -0.3 is 9.47 Å². The van der Waals surface area contributed by atoms with E-state index in [1.54, 1.807) is 0 Å². The highest BCUT2D eigenvalue weighted by Gasteiger charge is 2.20. The van der Waals surface area contributed by atoms with Crippen LogP contribution in [0.15, 0.2) is 0 Å². The monoisotopic (exact) mass is 454 g/mol. The van der Waals surface area contributed by atoms with Gasteiger partial charge in [-0.2, -0.15) is 0 Å². The van der Waals surface area contributed by atoms with Crippen LogP contribution in [-0.4, -0.2) is 25.2 Å². The first-order valence-corrected chi connectivity index (χ1v) is 14.0. The van der Waals surface area contributed by atoms with Crippen molar-refractivity contribution in [3.8, 4) is 0 Å². The van der Waals surface area contributed by atoms with Gasteiger partial charge >= 0.3 is 11.9 Å². The molecule has 0 heterocycles. The van der Waals surface area contributed by atoms with Crippen molar-refractivity contribution in [3.05, 3.63) is 0 Å². The normalized spacial score (nSPS) is 12.0. The number of esters is 2. The van der Waals surface area contributed by atoms with Gasteiger partial charge in [-0.1, -0.05) is 111 Å². The van der Waals surface area contributed by atoms with Crippen LogP contribution in [0.1, 0.15) is 149 Å². The summed E-state index contributed by atoms with van der Waals surface area (Å²) in [7, 11) is 0. The van der Waals surface area contributed by atoms with Crippen LogP contribution < -0.4 is 0 Å². The van der Waals surface area contributed by atoms with Crippen molar-refractivity contribution in [2.24, 2.45) is 5.92 Å². The number of hydrogen-bond acceptors (Lipinski definition) is 4. The van der Waals surface area contributed by atoms with Crippen molar-refractivity contribution in [1.29, 1.82) is 0 Å². The van der Waals surface area contributed by atoms with Crippen molar-refractivity contribution in [2.45, 2.75) is 149 Å². The van der Waals surface area contributed by atoms with Gasteiger partial charge in [-0.25, -0.2) is 0 Å². The fraction of sp³-hybridized carbons (Fsp3) is 0.929. The van der Waals surface area contributed by atoms with E-state index in [9.17, 15) is 9.59 Å². The van der Waals surface area contributed by atoms with Crippen LogP contribution in [0, 0.1) is 5.92 Å². The maximum atomic E-state index is 12.6. The van der Waals surface area contributed by atoms with Crippen molar-refractivity contribution in [3.63, 3.8) is 0 Å². The van der Waals surface area contributed by atoms with E-state index in [-0.39, 0.29) is 17.9 Å². The first-order chi connectivity index (χ1) is 15.7. The second kappa shape index (κ2) is 24.6. The number of carbonyl (C=O) groups excluding carboxylic acids is 2. The SMILES string of the molecule is CCCCCCCCCCOC(=O)C(CCCCCC)CCCC(=O)OCCCCCC. The molecule has 0 bridgehead atoms. The molecule has 0 aromatic rings. The van der Waals surface area contributed by atoms with E-state index < -0.39 is 0 Å². The lowest BCUT2D eigenvalue weighted by molar-refractivity contribution is -0.150. The number of carbonyl (C=O) groups is 2. The van der Waals surface area contributed by atoms with Crippen LogP contribution in [0.2, 0.25) is 0 Å². The topological polar surface area (TPSA) is 52.6 Å². The van der Waals surface area contributed by atoms with Gasteiger partial charge in [-0.15, -0.1) is 0 Å². The molecule has 4 nitrogen and oxygen atoms in total. The van der Waals surface area contributed by atoms with E-state index in [4.69, 9.17) is 9.47 Å². The van der Waals surface area contributed by atoms with E-state index in [0.29, 0.717) is 26.1 Å². The van der Waals surface area contributed by atoms with E-state index in [2.05, 4.69) is 20.8 Å². The number of unbranched alkanes of at least 4 members (excludes halogenated alkanes) is 13. The predicted octanol–water partition coefficient (Wildman–Crippen LogP) is 8.55. The van der Waals surface area contributed by atoms with Crippen LogP contribution in [0.4, 0.5) is 0 Å². The smallest absolute Gasteiger partial charge is 0.308 e. The summed E-state index contributed by atoms with van der Waals surface area (Å²) in [4.78, 5) is 24.6. The molecule has 32 heavy (non-hydrogen) atoms. The Morgan fingerprint density at radius 1 is 0.531 bits per heavy atom. The first kappa shape index (κ1) is 30.9. The van der Waals surface area contributed by atoms with Crippen LogP contribution in [0.3, 0.4) is 0 Å². The summed E-state index contributed by atoms with van der Waals surface area (Å²) in [6.07, 6.45) is 21.7. The molecule has 190 valence electrons. The second-order valence-electron chi connectivity index (χ2n) is 9.36. The Morgan fingerprint density at radius 3 is 1.56 bits per heavy atom. The Morgan fingerprint density at radius 2 is 0.969 bits per heavy atom. The number of rotatable bonds is 24. The van der Waals surface area contributed by atoms with Gasteiger partial charge in [0.25, 0.3) is 0 Å². The van der Waals surface area contributed by atoms with E-state index in [0.717, 1.165) is 51.4 Å². The zero-order chi connectivity index (χ0) is 23.7. The molecular formula is C28H54O4. The van der Waals surface area contributed by atoms with Crippen molar-refractivity contribution in [2.75, 3.05) is 13.2 Å². The molecule has 0 aliphatic rings. The molecule has 0 rings (SSSR count). The van der Waals surface area contributed by atoms with Gasteiger partial charge in [0.2, 0.25) is 0 Å². The van der Waals surface area contributed by atoms with Gasteiger partial charge in [0, 0.05) is 6.42 Å². The van der Waals surface area contributed by atoms with Crippen molar-refractivity contribution >= 4 is 11.9 Å². The average Bonchev–Trinajstić information content (AvgIpc) is 2.79. The fourth-order valence-corrected chi connectivity index (χ4v) is 4.00. The third-order valence-corrected chi connectivity index (χ3v) is 6.18. The van der Waals surface area contributed by atoms with Crippen molar-refractivity contribution < 1.29 is 19.1 Å².